The second-order valence-electron chi connectivity index (χ2n) is 6.60. The summed E-state index contributed by atoms with van der Waals surface area (Å²) in [6.07, 6.45) is -7.40. The van der Waals surface area contributed by atoms with E-state index in [2.05, 4.69) is 0 Å². The largest absolute Gasteiger partial charge is 0.460 e. The Kier molecular flexibility index (Phi) is 6.81. The van der Waals surface area contributed by atoms with E-state index in [0.717, 1.165) is 0 Å². The minimum absolute atomic E-state index is 0.0560. The van der Waals surface area contributed by atoms with Gasteiger partial charge < -0.3 is 9.47 Å². The van der Waals surface area contributed by atoms with Gasteiger partial charge in [-0.15, -0.1) is 11.8 Å². The minimum atomic E-state index is -6.90. The SMILES string of the molecule is N#CC(SCCC(F)(F)C(F)(F)C(F)(F)C(F)(F)F)=C1CCC2(CC1)OCCO2. The van der Waals surface area contributed by atoms with Crippen LogP contribution in [0, 0.1) is 11.3 Å². The normalized spacial score (nSPS) is 20.8. The number of nitrogens with zero attached hydrogens (tertiary/aromatic N) is 1. The monoisotopic (exact) mass is 457 g/mol. The van der Waals surface area contributed by atoms with Crippen molar-refractivity contribution in [1.29, 1.82) is 5.26 Å². The molecule has 0 aromatic carbocycles. The standard InChI is InChI=1S/C16H16F9NO2S/c17-13(18,14(19,20)15(21,22)16(23,24)25)5-8-29-11(9-26)10-1-3-12(4-2-10)27-6-7-28-12/h1-8H2. The first kappa shape index (κ1) is 24.1. The van der Waals surface area contributed by atoms with E-state index in [1.54, 1.807) is 6.07 Å². The number of nitriles is 1. The number of rotatable bonds is 6. The van der Waals surface area contributed by atoms with Crippen LogP contribution in [-0.4, -0.2) is 48.7 Å². The molecule has 1 heterocycles. The van der Waals surface area contributed by atoms with Gasteiger partial charge in [0.25, 0.3) is 0 Å². The second kappa shape index (κ2) is 8.19. The number of hydrogen-bond donors (Lipinski definition) is 0. The molecule has 0 atom stereocenters. The van der Waals surface area contributed by atoms with Gasteiger partial charge in [-0.1, -0.05) is 0 Å². The molecule has 3 nitrogen and oxygen atoms in total. The van der Waals surface area contributed by atoms with Crippen LogP contribution in [0.2, 0.25) is 0 Å². The highest BCUT2D eigenvalue weighted by atomic mass is 32.2. The molecule has 1 spiro atoms. The molecule has 0 unspecified atom stereocenters. The zero-order chi connectivity index (χ0) is 22.1. The summed E-state index contributed by atoms with van der Waals surface area (Å²) in [6, 6.07) is 1.73. The van der Waals surface area contributed by atoms with Crippen LogP contribution in [0.25, 0.3) is 0 Å². The third-order valence-corrected chi connectivity index (χ3v) is 5.80. The molecule has 1 saturated heterocycles. The Morgan fingerprint density at radius 3 is 1.90 bits per heavy atom. The Labute approximate surface area is 164 Å². The average Bonchev–Trinajstić information content (AvgIpc) is 3.06. The van der Waals surface area contributed by atoms with Crippen molar-refractivity contribution < 1.29 is 49.0 Å². The lowest BCUT2D eigenvalue weighted by Gasteiger charge is -2.34. The van der Waals surface area contributed by atoms with Crippen LogP contribution < -0.4 is 0 Å². The van der Waals surface area contributed by atoms with Crippen molar-refractivity contribution in [1.82, 2.24) is 0 Å². The number of hydrogen-bond acceptors (Lipinski definition) is 4. The van der Waals surface area contributed by atoms with Crippen LogP contribution in [0.3, 0.4) is 0 Å². The summed E-state index contributed by atoms with van der Waals surface area (Å²) < 4.78 is 127. The summed E-state index contributed by atoms with van der Waals surface area (Å²) in [5.41, 5.74) is 0.540. The van der Waals surface area contributed by atoms with Gasteiger partial charge in [0.2, 0.25) is 0 Å². The zero-order valence-electron chi connectivity index (χ0n) is 14.7. The molecule has 0 aromatic rings. The van der Waals surface area contributed by atoms with Gasteiger partial charge in [0, 0.05) is 25.0 Å². The summed E-state index contributed by atoms with van der Waals surface area (Å²) in [5, 5.41) is 9.16. The summed E-state index contributed by atoms with van der Waals surface area (Å²) in [4.78, 5) is -0.0560. The third kappa shape index (κ3) is 4.64. The molecule has 1 aliphatic heterocycles. The van der Waals surface area contributed by atoms with E-state index >= 15 is 0 Å². The van der Waals surface area contributed by atoms with E-state index in [-0.39, 0.29) is 4.91 Å². The van der Waals surface area contributed by atoms with Gasteiger partial charge in [-0.25, -0.2) is 0 Å². The van der Waals surface area contributed by atoms with Crippen LogP contribution in [0.15, 0.2) is 10.5 Å². The lowest BCUT2D eigenvalue weighted by molar-refractivity contribution is -0.396. The van der Waals surface area contributed by atoms with Gasteiger partial charge in [0.1, 0.15) is 6.07 Å². The number of halogens is 9. The lowest BCUT2D eigenvalue weighted by atomic mass is 9.89. The van der Waals surface area contributed by atoms with Crippen molar-refractivity contribution in [2.75, 3.05) is 19.0 Å². The van der Waals surface area contributed by atoms with Gasteiger partial charge >= 0.3 is 23.9 Å². The Morgan fingerprint density at radius 2 is 1.45 bits per heavy atom. The smallest absolute Gasteiger partial charge is 0.348 e. The van der Waals surface area contributed by atoms with Crippen molar-refractivity contribution in [3.63, 3.8) is 0 Å². The van der Waals surface area contributed by atoms with E-state index in [0.29, 0.717) is 56.2 Å². The maximum absolute atomic E-state index is 13.5. The molecule has 1 aliphatic carbocycles. The molecule has 1 saturated carbocycles. The molecule has 2 rings (SSSR count). The fraction of sp³-hybridized carbons (Fsp3) is 0.812. The van der Waals surface area contributed by atoms with Gasteiger partial charge in [0.05, 0.1) is 18.1 Å². The van der Waals surface area contributed by atoms with Crippen LogP contribution in [-0.2, 0) is 9.47 Å². The zero-order valence-corrected chi connectivity index (χ0v) is 15.5. The Morgan fingerprint density at radius 1 is 0.931 bits per heavy atom. The lowest BCUT2D eigenvalue weighted by Crippen LogP contribution is -2.60. The van der Waals surface area contributed by atoms with Crippen molar-refractivity contribution >= 4 is 11.8 Å². The van der Waals surface area contributed by atoms with Gasteiger partial charge in [0.15, 0.2) is 5.79 Å². The highest BCUT2D eigenvalue weighted by molar-refractivity contribution is 8.03. The van der Waals surface area contributed by atoms with E-state index in [4.69, 9.17) is 14.7 Å². The summed E-state index contributed by atoms with van der Waals surface area (Å²) in [7, 11) is 0. The molecular formula is C16H16F9NO2S. The van der Waals surface area contributed by atoms with Crippen molar-refractivity contribution in [3.05, 3.63) is 10.5 Å². The first-order chi connectivity index (χ1) is 13.2. The van der Waals surface area contributed by atoms with Crippen LogP contribution in [0.1, 0.15) is 32.1 Å². The fourth-order valence-electron chi connectivity index (χ4n) is 3.00. The first-order valence-electron chi connectivity index (χ1n) is 8.42. The van der Waals surface area contributed by atoms with E-state index < -0.39 is 41.9 Å². The molecule has 0 N–H and O–H groups in total. The predicted octanol–water partition coefficient (Wildman–Crippen LogP) is 5.67. The molecule has 0 bridgehead atoms. The summed E-state index contributed by atoms with van der Waals surface area (Å²) in [5.74, 6) is -20.9. The van der Waals surface area contributed by atoms with E-state index in [9.17, 15) is 39.5 Å². The molecule has 2 fully saturated rings. The molecule has 2 aliphatic rings. The highest BCUT2D eigenvalue weighted by Gasteiger charge is 2.81. The topological polar surface area (TPSA) is 42.2 Å². The quantitative estimate of drug-likeness (QED) is 0.381. The minimum Gasteiger partial charge on any atom is -0.348 e. The van der Waals surface area contributed by atoms with Crippen LogP contribution >= 0.6 is 11.8 Å². The Balaban J connectivity index is 2.00. The third-order valence-electron chi connectivity index (χ3n) is 4.72. The summed E-state index contributed by atoms with van der Waals surface area (Å²) in [6.45, 7) is 0.815. The molecular weight excluding hydrogens is 441 g/mol. The van der Waals surface area contributed by atoms with Gasteiger partial charge in [-0.2, -0.15) is 44.8 Å². The first-order valence-corrected chi connectivity index (χ1v) is 9.41. The Hall–Kier alpha value is -1.13. The molecule has 13 heteroatoms. The number of ether oxygens (including phenoxy) is 2. The fourth-order valence-corrected chi connectivity index (χ4v) is 4.04. The van der Waals surface area contributed by atoms with Crippen molar-refractivity contribution in [3.8, 4) is 6.07 Å². The van der Waals surface area contributed by atoms with Crippen LogP contribution in [0.5, 0.6) is 0 Å². The van der Waals surface area contributed by atoms with E-state index in [1.165, 1.54) is 0 Å². The van der Waals surface area contributed by atoms with E-state index in [1.807, 2.05) is 0 Å². The number of thioether (sulfide) groups is 1. The second-order valence-corrected chi connectivity index (χ2v) is 7.71. The average molecular weight is 457 g/mol. The number of alkyl halides is 9. The molecule has 0 radical (unpaired) electrons. The van der Waals surface area contributed by atoms with Gasteiger partial charge in [-0.3, -0.25) is 0 Å². The molecule has 0 aromatic heterocycles. The summed E-state index contributed by atoms with van der Waals surface area (Å²) >= 11 is 0.418. The van der Waals surface area contributed by atoms with Gasteiger partial charge in [-0.05, 0) is 18.4 Å². The molecule has 0 amide bonds. The maximum Gasteiger partial charge on any atom is 0.460 e. The maximum atomic E-state index is 13.5. The Bertz CT molecular complexity index is 667. The highest BCUT2D eigenvalue weighted by Crippen LogP contribution is 2.54. The number of allylic oxidation sites excluding steroid dienone is 2. The van der Waals surface area contributed by atoms with Crippen molar-refractivity contribution in [2.45, 2.75) is 61.8 Å². The van der Waals surface area contributed by atoms with Crippen molar-refractivity contribution in [2.24, 2.45) is 0 Å². The van der Waals surface area contributed by atoms with Crippen LogP contribution in [0.4, 0.5) is 39.5 Å². The molecule has 29 heavy (non-hydrogen) atoms. The predicted molar refractivity (Wildman–Crippen MR) is 83.7 cm³/mol. The molecule has 166 valence electrons.